The molecule has 0 aliphatic carbocycles. The molecular formula is C17H13NO3. The molecule has 1 aliphatic rings. The summed E-state index contributed by atoms with van der Waals surface area (Å²) >= 11 is 0. The molecule has 0 spiro atoms. The van der Waals surface area contributed by atoms with E-state index in [0.717, 1.165) is 11.1 Å². The van der Waals surface area contributed by atoms with Gasteiger partial charge in [-0.25, -0.2) is 4.79 Å². The predicted octanol–water partition coefficient (Wildman–Crippen LogP) is 3.04. The molecule has 1 heterocycles. The van der Waals surface area contributed by atoms with Gasteiger partial charge in [-0.15, -0.1) is 0 Å². The van der Waals surface area contributed by atoms with E-state index in [1.54, 1.807) is 13.2 Å². The van der Waals surface area contributed by atoms with Crippen molar-refractivity contribution in [3.05, 3.63) is 71.3 Å². The Balaban J connectivity index is 2.05. The van der Waals surface area contributed by atoms with Crippen LogP contribution in [0.2, 0.25) is 0 Å². The van der Waals surface area contributed by atoms with E-state index in [1.165, 1.54) is 0 Å². The van der Waals surface area contributed by atoms with Crippen LogP contribution in [-0.4, -0.2) is 18.8 Å². The average molecular weight is 279 g/mol. The summed E-state index contributed by atoms with van der Waals surface area (Å²) in [7, 11) is 1.59. The minimum absolute atomic E-state index is 0.422. The Labute approximate surface area is 122 Å². The summed E-state index contributed by atoms with van der Waals surface area (Å²) in [6.07, 6.45) is 1.74. The van der Waals surface area contributed by atoms with Gasteiger partial charge in [-0.2, -0.15) is 0 Å². The molecule has 4 nitrogen and oxygen atoms in total. The van der Waals surface area contributed by atoms with Crippen molar-refractivity contribution in [3.8, 4) is 5.75 Å². The first-order chi connectivity index (χ1) is 10.3. The van der Waals surface area contributed by atoms with Gasteiger partial charge >= 0.3 is 5.97 Å². The van der Waals surface area contributed by atoms with Crippen molar-refractivity contribution in [2.75, 3.05) is 7.11 Å². The van der Waals surface area contributed by atoms with Gasteiger partial charge in [0.1, 0.15) is 11.5 Å². The molecule has 0 saturated heterocycles. The maximum absolute atomic E-state index is 11.9. The standard InChI is InChI=1S/C17H13NO3/c1-20-15-10-6-5-9-13(15)11-14-16(18-21-17(14)19)12-7-3-2-4-8-12/h2-11H,1H3. The second-order valence-electron chi connectivity index (χ2n) is 4.48. The van der Waals surface area contributed by atoms with E-state index in [-0.39, 0.29) is 0 Å². The summed E-state index contributed by atoms with van der Waals surface area (Å²) in [6, 6.07) is 16.9. The van der Waals surface area contributed by atoms with E-state index >= 15 is 0 Å². The van der Waals surface area contributed by atoms with Gasteiger partial charge in [-0.3, -0.25) is 0 Å². The van der Waals surface area contributed by atoms with Crippen LogP contribution in [-0.2, 0) is 9.63 Å². The second-order valence-corrected chi connectivity index (χ2v) is 4.48. The van der Waals surface area contributed by atoms with Crippen LogP contribution in [0.4, 0.5) is 0 Å². The van der Waals surface area contributed by atoms with E-state index in [4.69, 9.17) is 9.57 Å². The number of hydrogen-bond acceptors (Lipinski definition) is 4. The number of benzene rings is 2. The van der Waals surface area contributed by atoms with E-state index in [1.807, 2.05) is 54.6 Å². The molecular weight excluding hydrogens is 266 g/mol. The highest BCUT2D eigenvalue weighted by Gasteiger charge is 2.26. The molecule has 0 aromatic heterocycles. The molecule has 21 heavy (non-hydrogen) atoms. The van der Waals surface area contributed by atoms with Gasteiger partial charge in [-0.1, -0.05) is 53.7 Å². The van der Waals surface area contributed by atoms with Gasteiger partial charge in [-0.05, 0) is 12.1 Å². The first kappa shape index (κ1) is 13.1. The zero-order valence-electron chi connectivity index (χ0n) is 11.4. The minimum atomic E-state index is -0.459. The number of methoxy groups -OCH3 is 1. The molecule has 0 fully saturated rings. The molecule has 0 N–H and O–H groups in total. The van der Waals surface area contributed by atoms with Crippen LogP contribution in [0.15, 0.2) is 65.3 Å². The zero-order valence-corrected chi connectivity index (χ0v) is 11.4. The lowest BCUT2D eigenvalue weighted by molar-refractivity contribution is -0.136. The highest BCUT2D eigenvalue weighted by Crippen LogP contribution is 2.25. The van der Waals surface area contributed by atoms with Crippen LogP contribution in [0, 0.1) is 0 Å². The summed E-state index contributed by atoms with van der Waals surface area (Å²) < 4.78 is 5.30. The number of ether oxygens (including phenoxy) is 1. The molecule has 0 saturated carbocycles. The molecule has 3 rings (SSSR count). The van der Waals surface area contributed by atoms with Gasteiger partial charge < -0.3 is 9.57 Å². The fraction of sp³-hybridized carbons (Fsp3) is 0.0588. The fourth-order valence-electron chi connectivity index (χ4n) is 2.15. The third-order valence-electron chi connectivity index (χ3n) is 3.18. The monoisotopic (exact) mass is 279 g/mol. The van der Waals surface area contributed by atoms with Gasteiger partial charge in [0.15, 0.2) is 0 Å². The van der Waals surface area contributed by atoms with Crippen LogP contribution in [0.5, 0.6) is 5.75 Å². The van der Waals surface area contributed by atoms with Crippen LogP contribution >= 0.6 is 0 Å². The van der Waals surface area contributed by atoms with Gasteiger partial charge in [0.05, 0.1) is 12.7 Å². The summed E-state index contributed by atoms with van der Waals surface area (Å²) in [5.41, 5.74) is 2.60. The Hall–Kier alpha value is -2.88. The van der Waals surface area contributed by atoms with Crippen LogP contribution < -0.4 is 4.74 Å². The topological polar surface area (TPSA) is 47.9 Å². The minimum Gasteiger partial charge on any atom is -0.496 e. The van der Waals surface area contributed by atoms with Crippen molar-refractivity contribution >= 4 is 17.8 Å². The Morgan fingerprint density at radius 1 is 1.05 bits per heavy atom. The lowest BCUT2D eigenvalue weighted by Gasteiger charge is -2.05. The first-order valence-corrected chi connectivity index (χ1v) is 6.49. The Morgan fingerprint density at radius 2 is 1.76 bits per heavy atom. The predicted molar refractivity (Wildman–Crippen MR) is 80.0 cm³/mol. The number of hydrogen-bond donors (Lipinski definition) is 0. The Kier molecular flexibility index (Phi) is 3.51. The maximum Gasteiger partial charge on any atom is 0.368 e. The number of carbonyl (C=O) groups is 1. The maximum atomic E-state index is 11.9. The molecule has 0 bridgehead atoms. The van der Waals surface area contributed by atoms with Crippen molar-refractivity contribution in [3.63, 3.8) is 0 Å². The van der Waals surface area contributed by atoms with E-state index in [0.29, 0.717) is 17.0 Å². The number of rotatable bonds is 3. The van der Waals surface area contributed by atoms with Crippen molar-refractivity contribution in [1.82, 2.24) is 0 Å². The SMILES string of the molecule is COc1ccccc1C=C1C(=O)ON=C1c1ccccc1. The number of nitrogens with zero attached hydrogens (tertiary/aromatic N) is 1. The molecule has 104 valence electrons. The van der Waals surface area contributed by atoms with E-state index in [9.17, 15) is 4.79 Å². The normalized spacial score (nSPS) is 15.8. The van der Waals surface area contributed by atoms with Crippen molar-refractivity contribution in [1.29, 1.82) is 0 Å². The van der Waals surface area contributed by atoms with Gasteiger partial charge in [0.2, 0.25) is 0 Å². The molecule has 2 aromatic rings. The van der Waals surface area contributed by atoms with E-state index < -0.39 is 5.97 Å². The highest BCUT2D eigenvalue weighted by molar-refractivity contribution is 6.31. The molecule has 2 aromatic carbocycles. The Morgan fingerprint density at radius 3 is 2.52 bits per heavy atom. The lowest BCUT2D eigenvalue weighted by atomic mass is 10.0. The van der Waals surface area contributed by atoms with Crippen molar-refractivity contribution in [2.45, 2.75) is 0 Å². The molecule has 1 aliphatic heterocycles. The highest BCUT2D eigenvalue weighted by atomic mass is 16.7. The third-order valence-corrected chi connectivity index (χ3v) is 3.18. The average Bonchev–Trinajstić information content (AvgIpc) is 2.90. The number of para-hydroxylation sites is 1. The summed E-state index contributed by atoms with van der Waals surface area (Å²) in [5.74, 6) is 0.233. The van der Waals surface area contributed by atoms with Crippen LogP contribution in [0.3, 0.4) is 0 Å². The van der Waals surface area contributed by atoms with Gasteiger partial charge in [0, 0.05) is 11.1 Å². The smallest absolute Gasteiger partial charge is 0.368 e. The van der Waals surface area contributed by atoms with Gasteiger partial charge in [0.25, 0.3) is 0 Å². The fourth-order valence-corrected chi connectivity index (χ4v) is 2.15. The third kappa shape index (κ3) is 2.56. The first-order valence-electron chi connectivity index (χ1n) is 6.49. The van der Waals surface area contributed by atoms with E-state index in [2.05, 4.69) is 5.16 Å². The zero-order chi connectivity index (χ0) is 14.7. The summed E-state index contributed by atoms with van der Waals surface area (Å²) in [4.78, 5) is 16.7. The molecule has 4 heteroatoms. The summed E-state index contributed by atoms with van der Waals surface area (Å²) in [6.45, 7) is 0. The summed E-state index contributed by atoms with van der Waals surface area (Å²) in [5, 5.41) is 3.88. The van der Waals surface area contributed by atoms with Crippen molar-refractivity contribution in [2.24, 2.45) is 5.16 Å². The lowest BCUT2D eigenvalue weighted by Crippen LogP contribution is -2.06. The van der Waals surface area contributed by atoms with Crippen LogP contribution in [0.25, 0.3) is 6.08 Å². The number of oxime groups is 1. The molecule has 0 amide bonds. The molecule has 0 atom stereocenters. The van der Waals surface area contributed by atoms with Crippen molar-refractivity contribution < 1.29 is 14.4 Å². The van der Waals surface area contributed by atoms with Crippen LogP contribution in [0.1, 0.15) is 11.1 Å². The number of carbonyl (C=O) groups excluding carboxylic acids is 1. The quantitative estimate of drug-likeness (QED) is 0.641. The molecule has 0 unspecified atom stereocenters. The largest absolute Gasteiger partial charge is 0.496 e. The second kappa shape index (κ2) is 5.63. The Bertz CT molecular complexity index is 733. The molecule has 0 radical (unpaired) electrons.